The molecule has 5 heteroatoms. The molecule has 5 nitrogen and oxygen atoms in total. The van der Waals surface area contributed by atoms with Crippen LogP contribution in [0.4, 0.5) is 5.82 Å². The highest BCUT2D eigenvalue weighted by molar-refractivity contribution is 5.36. The lowest BCUT2D eigenvalue weighted by Crippen LogP contribution is -2.35. The van der Waals surface area contributed by atoms with Crippen molar-refractivity contribution in [1.82, 2.24) is 9.97 Å². The van der Waals surface area contributed by atoms with Gasteiger partial charge in [0.15, 0.2) is 0 Å². The standard InChI is InChI=1S/C17H22N4O/c18-14-8-13(9-14)16-10-17(21-11-20-16)19-7-1-2-12-3-5-15(22)6-4-12/h3-6,10-11,13-14,22H,1-2,7-9,18H2,(H,19,20,21). The van der Waals surface area contributed by atoms with Gasteiger partial charge in [-0.1, -0.05) is 12.1 Å². The fourth-order valence-electron chi connectivity index (χ4n) is 2.77. The van der Waals surface area contributed by atoms with Crippen LogP contribution in [0, 0.1) is 0 Å². The number of rotatable bonds is 6. The largest absolute Gasteiger partial charge is 0.508 e. The molecule has 0 amide bonds. The minimum atomic E-state index is 0.311. The first-order valence-electron chi connectivity index (χ1n) is 7.80. The molecule has 1 aromatic carbocycles. The van der Waals surface area contributed by atoms with Crippen molar-refractivity contribution in [3.05, 3.63) is 47.9 Å². The fourth-order valence-corrected chi connectivity index (χ4v) is 2.77. The van der Waals surface area contributed by atoms with Crippen molar-refractivity contribution in [3.8, 4) is 5.75 Å². The van der Waals surface area contributed by atoms with Crippen molar-refractivity contribution in [1.29, 1.82) is 0 Å². The average Bonchev–Trinajstić information content (AvgIpc) is 2.50. The van der Waals surface area contributed by atoms with E-state index in [-0.39, 0.29) is 0 Å². The van der Waals surface area contributed by atoms with Crippen molar-refractivity contribution >= 4 is 5.82 Å². The highest BCUT2D eigenvalue weighted by Gasteiger charge is 2.28. The molecule has 1 aromatic heterocycles. The Morgan fingerprint density at radius 2 is 1.95 bits per heavy atom. The van der Waals surface area contributed by atoms with Gasteiger partial charge in [-0.2, -0.15) is 0 Å². The second-order valence-corrected chi connectivity index (χ2v) is 5.95. The van der Waals surface area contributed by atoms with E-state index in [2.05, 4.69) is 15.3 Å². The monoisotopic (exact) mass is 298 g/mol. The number of benzene rings is 1. The van der Waals surface area contributed by atoms with E-state index >= 15 is 0 Å². The molecule has 2 aromatic rings. The SMILES string of the molecule is NC1CC(c2cc(NCCCc3ccc(O)cc3)ncn2)C1. The molecule has 4 N–H and O–H groups in total. The zero-order valence-corrected chi connectivity index (χ0v) is 12.6. The minimum Gasteiger partial charge on any atom is -0.508 e. The van der Waals surface area contributed by atoms with Crippen LogP contribution in [0.3, 0.4) is 0 Å². The van der Waals surface area contributed by atoms with E-state index in [9.17, 15) is 5.11 Å². The number of aromatic nitrogens is 2. The molecule has 1 fully saturated rings. The van der Waals surface area contributed by atoms with Crippen LogP contribution in [0.25, 0.3) is 0 Å². The van der Waals surface area contributed by atoms with E-state index in [0.29, 0.717) is 17.7 Å². The highest BCUT2D eigenvalue weighted by atomic mass is 16.3. The van der Waals surface area contributed by atoms with Gasteiger partial charge in [-0.25, -0.2) is 9.97 Å². The Morgan fingerprint density at radius 3 is 2.68 bits per heavy atom. The van der Waals surface area contributed by atoms with Crippen LogP contribution in [-0.2, 0) is 6.42 Å². The summed E-state index contributed by atoms with van der Waals surface area (Å²) in [5, 5.41) is 12.6. The Hall–Kier alpha value is -2.14. The van der Waals surface area contributed by atoms with Crippen molar-refractivity contribution < 1.29 is 5.11 Å². The molecule has 116 valence electrons. The molecule has 22 heavy (non-hydrogen) atoms. The lowest BCUT2D eigenvalue weighted by molar-refractivity contribution is 0.345. The van der Waals surface area contributed by atoms with Gasteiger partial charge in [-0.15, -0.1) is 0 Å². The first-order chi connectivity index (χ1) is 10.7. The molecule has 1 heterocycles. The van der Waals surface area contributed by atoms with E-state index in [4.69, 9.17) is 5.73 Å². The number of phenols is 1. The third kappa shape index (κ3) is 3.74. The Labute approximate surface area is 130 Å². The highest BCUT2D eigenvalue weighted by Crippen LogP contribution is 2.34. The molecule has 0 radical (unpaired) electrons. The summed E-state index contributed by atoms with van der Waals surface area (Å²) >= 11 is 0. The second kappa shape index (κ2) is 6.75. The average molecular weight is 298 g/mol. The van der Waals surface area contributed by atoms with Gasteiger partial charge >= 0.3 is 0 Å². The van der Waals surface area contributed by atoms with Crippen molar-refractivity contribution in [3.63, 3.8) is 0 Å². The summed E-state index contributed by atoms with van der Waals surface area (Å²) in [5.74, 6) is 1.69. The Balaban J connectivity index is 1.45. The number of aromatic hydroxyl groups is 1. The summed E-state index contributed by atoms with van der Waals surface area (Å²) in [4.78, 5) is 8.62. The summed E-state index contributed by atoms with van der Waals surface area (Å²) in [7, 11) is 0. The summed E-state index contributed by atoms with van der Waals surface area (Å²) in [5.41, 5.74) is 8.16. The minimum absolute atomic E-state index is 0.311. The van der Waals surface area contributed by atoms with Crippen molar-refractivity contribution in [2.24, 2.45) is 5.73 Å². The molecule has 1 saturated carbocycles. The summed E-state index contributed by atoms with van der Waals surface area (Å²) in [6, 6.07) is 9.74. The van der Waals surface area contributed by atoms with Gasteiger partial charge in [-0.05, 0) is 43.4 Å². The molecule has 0 spiro atoms. The summed E-state index contributed by atoms with van der Waals surface area (Å²) in [6.07, 6.45) is 5.66. The van der Waals surface area contributed by atoms with E-state index in [1.54, 1.807) is 18.5 Å². The van der Waals surface area contributed by atoms with Gasteiger partial charge in [0.1, 0.15) is 17.9 Å². The van der Waals surface area contributed by atoms with Gasteiger partial charge in [0, 0.05) is 30.3 Å². The number of hydrogen-bond donors (Lipinski definition) is 3. The number of nitrogens with one attached hydrogen (secondary N) is 1. The predicted octanol–water partition coefficient (Wildman–Crippen LogP) is 2.43. The molecule has 0 saturated heterocycles. The Bertz CT molecular complexity index is 608. The number of nitrogens with zero attached hydrogens (tertiary/aromatic N) is 2. The molecule has 1 aliphatic rings. The molecular formula is C17H22N4O. The Kier molecular flexibility index (Phi) is 4.53. The van der Waals surface area contributed by atoms with E-state index in [1.165, 1.54) is 5.56 Å². The van der Waals surface area contributed by atoms with Gasteiger partial charge in [-0.3, -0.25) is 0 Å². The molecular weight excluding hydrogens is 276 g/mol. The van der Waals surface area contributed by atoms with E-state index in [1.807, 2.05) is 18.2 Å². The summed E-state index contributed by atoms with van der Waals surface area (Å²) < 4.78 is 0. The second-order valence-electron chi connectivity index (χ2n) is 5.95. The van der Waals surface area contributed by atoms with Crippen LogP contribution in [-0.4, -0.2) is 27.7 Å². The normalized spacial score (nSPS) is 20.4. The smallest absolute Gasteiger partial charge is 0.129 e. The fraction of sp³-hybridized carbons (Fsp3) is 0.412. The molecule has 0 bridgehead atoms. The number of aryl methyl sites for hydroxylation is 1. The first-order valence-corrected chi connectivity index (χ1v) is 7.80. The Morgan fingerprint density at radius 1 is 1.18 bits per heavy atom. The maximum Gasteiger partial charge on any atom is 0.129 e. The quantitative estimate of drug-likeness (QED) is 0.713. The van der Waals surface area contributed by atoms with Crippen LogP contribution < -0.4 is 11.1 Å². The summed E-state index contributed by atoms with van der Waals surface area (Å²) in [6.45, 7) is 0.863. The number of hydrogen-bond acceptors (Lipinski definition) is 5. The van der Waals surface area contributed by atoms with Crippen LogP contribution in [0.1, 0.15) is 36.4 Å². The zero-order valence-electron chi connectivity index (χ0n) is 12.6. The van der Waals surface area contributed by atoms with Crippen LogP contribution in [0.15, 0.2) is 36.7 Å². The number of nitrogens with two attached hydrogens (primary N) is 1. The lowest BCUT2D eigenvalue weighted by atomic mass is 9.79. The molecule has 1 aliphatic carbocycles. The third-order valence-electron chi connectivity index (χ3n) is 4.17. The van der Waals surface area contributed by atoms with Crippen molar-refractivity contribution in [2.45, 2.75) is 37.6 Å². The maximum absolute atomic E-state index is 9.25. The number of anilines is 1. The van der Waals surface area contributed by atoms with Crippen LogP contribution in [0.2, 0.25) is 0 Å². The molecule has 3 rings (SSSR count). The van der Waals surface area contributed by atoms with E-state index in [0.717, 1.165) is 43.7 Å². The first kappa shape index (κ1) is 14.8. The zero-order chi connectivity index (χ0) is 15.4. The number of phenolic OH excluding ortho intramolecular Hbond substituents is 1. The molecule has 0 unspecified atom stereocenters. The maximum atomic E-state index is 9.25. The van der Waals surface area contributed by atoms with Crippen LogP contribution in [0.5, 0.6) is 5.75 Å². The van der Waals surface area contributed by atoms with E-state index < -0.39 is 0 Å². The predicted molar refractivity (Wildman–Crippen MR) is 86.9 cm³/mol. The van der Waals surface area contributed by atoms with Crippen LogP contribution >= 0.6 is 0 Å². The lowest BCUT2D eigenvalue weighted by Gasteiger charge is -2.31. The van der Waals surface area contributed by atoms with Crippen molar-refractivity contribution in [2.75, 3.05) is 11.9 Å². The third-order valence-corrected chi connectivity index (χ3v) is 4.17. The topological polar surface area (TPSA) is 84.1 Å². The van der Waals surface area contributed by atoms with Gasteiger partial charge in [0.25, 0.3) is 0 Å². The molecule has 0 aliphatic heterocycles. The van der Waals surface area contributed by atoms with Gasteiger partial charge < -0.3 is 16.2 Å². The van der Waals surface area contributed by atoms with Gasteiger partial charge in [0.2, 0.25) is 0 Å². The molecule has 0 atom stereocenters. The van der Waals surface area contributed by atoms with Gasteiger partial charge in [0.05, 0.1) is 0 Å².